The molecule has 0 aliphatic carbocycles. The third kappa shape index (κ3) is 4.77. The number of anilines is 3. The van der Waals surface area contributed by atoms with Crippen molar-refractivity contribution in [3.63, 3.8) is 0 Å². The van der Waals surface area contributed by atoms with Crippen LogP contribution in [0.4, 0.5) is 17.2 Å². The van der Waals surface area contributed by atoms with Crippen molar-refractivity contribution in [2.24, 2.45) is 0 Å². The number of likely N-dealkylation sites (N-methyl/N-ethyl adjacent to an activating group) is 1. The Morgan fingerprint density at radius 1 is 1.11 bits per heavy atom. The number of ether oxygens (including phenoxy) is 1. The highest BCUT2D eigenvalue weighted by Crippen LogP contribution is 2.44. The van der Waals surface area contributed by atoms with Gasteiger partial charge in [0, 0.05) is 31.0 Å². The lowest BCUT2D eigenvalue weighted by atomic mass is 10.2. The number of likely N-dealkylation sites (tertiary alicyclic amines) is 1. The van der Waals surface area contributed by atoms with E-state index in [9.17, 15) is 4.79 Å². The summed E-state index contributed by atoms with van der Waals surface area (Å²) in [5.74, 6) is 2.32. The van der Waals surface area contributed by atoms with Gasteiger partial charge in [0.25, 0.3) is 0 Å². The summed E-state index contributed by atoms with van der Waals surface area (Å²) in [6.45, 7) is 4.87. The molecule has 0 N–H and O–H groups in total. The summed E-state index contributed by atoms with van der Waals surface area (Å²) in [5, 5.41) is 0. The van der Waals surface area contributed by atoms with E-state index in [2.05, 4.69) is 51.8 Å². The molecule has 3 heterocycles. The summed E-state index contributed by atoms with van der Waals surface area (Å²) in [5.41, 5.74) is 2.99. The second-order valence-corrected chi connectivity index (χ2v) is 9.46. The molecular weight excluding hydrogens is 452 g/mol. The number of rotatable bonds is 8. The molecule has 1 fully saturated rings. The molecule has 36 heavy (non-hydrogen) atoms. The lowest BCUT2D eigenvalue weighted by molar-refractivity contribution is -0.108. The number of nitrogens with zero attached hydrogens (tertiary/aromatic N) is 6. The van der Waals surface area contributed by atoms with Crippen molar-refractivity contribution in [2.45, 2.75) is 25.6 Å². The Bertz CT molecular complexity index is 1210. The monoisotopic (exact) mass is 484 g/mol. The van der Waals surface area contributed by atoms with Crippen molar-refractivity contribution < 1.29 is 9.53 Å². The van der Waals surface area contributed by atoms with Gasteiger partial charge in [-0.2, -0.15) is 0 Å². The Kier molecular flexibility index (Phi) is 6.86. The topological polar surface area (TPSA) is 65.0 Å². The van der Waals surface area contributed by atoms with E-state index >= 15 is 0 Å². The third-order valence-corrected chi connectivity index (χ3v) is 6.75. The summed E-state index contributed by atoms with van der Waals surface area (Å²) >= 11 is 0. The lowest BCUT2D eigenvalue weighted by Gasteiger charge is -2.33. The fourth-order valence-corrected chi connectivity index (χ4v) is 4.92. The zero-order chi connectivity index (χ0) is 25.1. The van der Waals surface area contributed by atoms with E-state index in [4.69, 9.17) is 4.74 Å². The first-order chi connectivity index (χ1) is 17.5. The van der Waals surface area contributed by atoms with E-state index in [-0.39, 0.29) is 6.04 Å². The average Bonchev–Trinajstić information content (AvgIpc) is 3.51. The molecule has 2 aliphatic rings. The van der Waals surface area contributed by atoms with Gasteiger partial charge in [0.15, 0.2) is 18.3 Å². The molecule has 8 nitrogen and oxygen atoms in total. The van der Waals surface area contributed by atoms with Crippen molar-refractivity contribution in [1.82, 2.24) is 19.8 Å². The van der Waals surface area contributed by atoms with Gasteiger partial charge in [0.1, 0.15) is 23.5 Å². The lowest BCUT2D eigenvalue weighted by Crippen LogP contribution is -2.49. The van der Waals surface area contributed by atoms with Gasteiger partial charge in [-0.05, 0) is 63.8 Å². The fourth-order valence-electron chi connectivity index (χ4n) is 4.92. The van der Waals surface area contributed by atoms with Gasteiger partial charge in [-0.1, -0.05) is 24.3 Å². The van der Waals surface area contributed by atoms with Crippen LogP contribution in [0, 0.1) is 0 Å². The first-order valence-electron chi connectivity index (χ1n) is 12.3. The molecule has 8 heteroatoms. The van der Waals surface area contributed by atoms with Crippen molar-refractivity contribution in [3.8, 4) is 11.5 Å². The Morgan fingerprint density at radius 2 is 1.86 bits per heavy atom. The summed E-state index contributed by atoms with van der Waals surface area (Å²) in [6, 6.07) is 17.7. The Morgan fingerprint density at radius 3 is 2.58 bits per heavy atom. The second kappa shape index (κ2) is 10.4. The van der Waals surface area contributed by atoms with Crippen LogP contribution in [-0.4, -0.2) is 72.0 Å². The van der Waals surface area contributed by atoms with Crippen LogP contribution >= 0.6 is 0 Å². The van der Waals surface area contributed by atoms with Gasteiger partial charge in [0.05, 0.1) is 12.2 Å². The van der Waals surface area contributed by atoms with Crippen LogP contribution in [0.2, 0.25) is 0 Å². The highest BCUT2D eigenvalue weighted by atomic mass is 16.5. The minimum Gasteiger partial charge on any atom is -0.457 e. The molecule has 3 aromatic rings. The summed E-state index contributed by atoms with van der Waals surface area (Å²) in [4.78, 5) is 30.2. The highest BCUT2D eigenvalue weighted by Gasteiger charge is 2.43. The number of hydrogen-bond donors (Lipinski definition) is 0. The zero-order valence-corrected chi connectivity index (χ0v) is 21.0. The molecule has 2 unspecified atom stereocenters. The number of carbonyl (C=O) groups is 1. The molecule has 2 aromatic carbocycles. The first-order valence-corrected chi connectivity index (χ1v) is 12.3. The zero-order valence-electron chi connectivity index (χ0n) is 21.0. The predicted molar refractivity (Wildman–Crippen MR) is 142 cm³/mol. The number of benzene rings is 2. The number of carbonyl (C=O) groups excluding carboxylic acids is 1. The smallest absolute Gasteiger partial charge is 0.165 e. The molecule has 0 amide bonds. The van der Waals surface area contributed by atoms with E-state index in [0.717, 1.165) is 61.0 Å². The van der Waals surface area contributed by atoms with E-state index < -0.39 is 6.17 Å². The molecule has 0 bridgehead atoms. The maximum Gasteiger partial charge on any atom is 0.165 e. The quantitative estimate of drug-likeness (QED) is 0.439. The van der Waals surface area contributed by atoms with Crippen molar-refractivity contribution in [2.75, 3.05) is 43.5 Å². The molecule has 186 valence electrons. The van der Waals surface area contributed by atoms with Crippen molar-refractivity contribution >= 4 is 23.5 Å². The summed E-state index contributed by atoms with van der Waals surface area (Å²) in [6.07, 6.45) is 7.08. The van der Waals surface area contributed by atoms with Crippen molar-refractivity contribution in [1.29, 1.82) is 0 Å². The SMILES string of the molecule is C/C(=C\CN(C)C)N1CCC(N2c3ncncc3N(c3ccc(Oc4ccccc4)cc3)C2C=O)C1. The molecule has 0 radical (unpaired) electrons. The molecule has 5 rings (SSSR count). The third-order valence-electron chi connectivity index (χ3n) is 6.75. The molecule has 2 atom stereocenters. The van der Waals surface area contributed by atoms with E-state index in [0.29, 0.717) is 0 Å². The maximum absolute atomic E-state index is 12.5. The predicted octanol–water partition coefficient (Wildman–Crippen LogP) is 4.29. The van der Waals surface area contributed by atoms with Gasteiger partial charge in [0.2, 0.25) is 0 Å². The van der Waals surface area contributed by atoms with Crippen LogP contribution in [0.25, 0.3) is 0 Å². The standard InChI is InChI=1S/C28H32N6O2/c1-21(13-15-31(2)3)32-16-14-23(18-32)34-27(19-35)33(26-17-29-20-30-28(26)34)22-9-11-25(12-10-22)36-24-7-5-4-6-8-24/h4-13,17,19-20,23,27H,14-16,18H2,1-3H3/b21-13+. The van der Waals surface area contributed by atoms with Crippen LogP contribution < -0.4 is 14.5 Å². The normalized spacial score (nSPS) is 19.7. The molecule has 0 spiro atoms. The number of fused-ring (bicyclic) bond motifs is 1. The van der Waals surface area contributed by atoms with Crippen molar-refractivity contribution in [3.05, 3.63) is 78.9 Å². The maximum atomic E-state index is 12.5. The van der Waals surface area contributed by atoms with Crippen LogP contribution in [0.5, 0.6) is 11.5 Å². The minimum atomic E-state index is -0.492. The Hall–Kier alpha value is -3.91. The van der Waals surface area contributed by atoms with Crippen LogP contribution in [0.3, 0.4) is 0 Å². The van der Waals surface area contributed by atoms with Gasteiger partial charge in [-0.3, -0.25) is 4.79 Å². The Labute approximate surface area is 212 Å². The molecule has 1 saturated heterocycles. The van der Waals surface area contributed by atoms with E-state index in [1.54, 1.807) is 12.5 Å². The summed E-state index contributed by atoms with van der Waals surface area (Å²) in [7, 11) is 4.14. The van der Waals surface area contributed by atoms with Crippen LogP contribution in [0.1, 0.15) is 13.3 Å². The number of aromatic nitrogens is 2. The molecule has 1 aromatic heterocycles. The van der Waals surface area contributed by atoms with Crippen LogP contribution in [0.15, 0.2) is 78.9 Å². The molecule has 2 aliphatic heterocycles. The average molecular weight is 485 g/mol. The van der Waals surface area contributed by atoms with Gasteiger partial charge in [-0.15, -0.1) is 0 Å². The second-order valence-electron chi connectivity index (χ2n) is 9.46. The van der Waals surface area contributed by atoms with E-state index in [1.165, 1.54) is 5.70 Å². The van der Waals surface area contributed by atoms with Gasteiger partial charge < -0.3 is 24.3 Å². The largest absolute Gasteiger partial charge is 0.457 e. The fraction of sp³-hybridized carbons (Fsp3) is 0.321. The minimum absolute atomic E-state index is 0.169. The van der Waals surface area contributed by atoms with Gasteiger partial charge in [-0.25, -0.2) is 9.97 Å². The van der Waals surface area contributed by atoms with Gasteiger partial charge >= 0.3 is 0 Å². The number of aldehydes is 1. The number of allylic oxidation sites excluding steroid dienone is 1. The van der Waals surface area contributed by atoms with E-state index in [1.807, 2.05) is 59.5 Å². The summed E-state index contributed by atoms with van der Waals surface area (Å²) < 4.78 is 5.95. The molecular formula is C28H32N6O2. The first kappa shape index (κ1) is 23.8. The number of hydrogen-bond acceptors (Lipinski definition) is 8. The number of para-hydroxylation sites is 1. The molecule has 0 saturated carbocycles. The van der Waals surface area contributed by atoms with Crippen LogP contribution in [-0.2, 0) is 4.79 Å². The highest BCUT2D eigenvalue weighted by molar-refractivity contribution is 5.89. The Balaban J connectivity index is 1.39.